The molecular weight excluding hydrogens is 434 g/mol. The monoisotopic (exact) mass is 467 g/mol. The Morgan fingerprint density at radius 3 is 2.62 bits per heavy atom. The van der Waals surface area contributed by atoms with E-state index in [9.17, 15) is 4.79 Å². The van der Waals surface area contributed by atoms with E-state index in [1.807, 2.05) is 18.2 Å². The summed E-state index contributed by atoms with van der Waals surface area (Å²) in [4.78, 5) is 31.0. The van der Waals surface area contributed by atoms with Gasteiger partial charge in [-0.1, -0.05) is 42.5 Å². The van der Waals surface area contributed by atoms with E-state index in [0.717, 1.165) is 45.4 Å². The van der Waals surface area contributed by atoms with Crippen molar-refractivity contribution in [1.82, 2.24) is 20.3 Å². The van der Waals surface area contributed by atoms with Crippen molar-refractivity contribution in [3.63, 3.8) is 0 Å². The highest BCUT2D eigenvalue weighted by Crippen LogP contribution is 2.16. The normalized spacial score (nSPS) is 20.4. The summed E-state index contributed by atoms with van der Waals surface area (Å²) in [7, 11) is 1.73. The van der Waals surface area contributed by atoms with Gasteiger partial charge in [-0.15, -0.1) is 0 Å². The molecule has 2 fully saturated rings. The van der Waals surface area contributed by atoms with Crippen molar-refractivity contribution < 1.29 is 19.1 Å². The van der Waals surface area contributed by atoms with Gasteiger partial charge < -0.3 is 14.4 Å². The minimum atomic E-state index is -0.390. The van der Waals surface area contributed by atoms with Crippen molar-refractivity contribution in [1.29, 1.82) is 0 Å². The van der Waals surface area contributed by atoms with Crippen LogP contribution in [0.4, 0.5) is 5.95 Å². The number of carbonyl (C=O) groups excluding carboxylic acids is 1. The molecule has 0 radical (unpaired) electrons. The van der Waals surface area contributed by atoms with Crippen LogP contribution in [0.2, 0.25) is 0 Å². The molecule has 1 aromatic carbocycles. The zero-order valence-corrected chi connectivity index (χ0v) is 19.6. The second-order valence-electron chi connectivity index (χ2n) is 8.43. The lowest BCUT2D eigenvalue weighted by Crippen LogP contribution is -2.51. The Morgan fingerprint density at radius 2 is 1.94 bits per heavy atom. The summed E-state index contributed by atoms with van der Waals surface area (Å²) in [5.41, 5.74) is 3.97. The van der Waals surface area contributed by atoms with E-state index in [0.29, 0.717) is 24.7 Å². The summed E-state index contributed by atoms with van der Waals surface area (Å²) in [5.74, 6) is 0.244. The maximum absolute atomic E-state index is 12.3. The number of nitrogens with one attached hydrogen (secondary N) is 1. The number of hydrogen-bond donors (Lipinski definition) is 1. The Balaban J connectivity index is 1.27. The van der Waals surface area contributed by atoms with Gasteiger partial charge in [0, 0.05) is 58.7 Å². The van der Waals surface area contributed by atoms with Crippen LogP contribution < -0.4 is 10.4 Å². The van der Waals surface area contributed by atoms with Gasteiger partial charge in [-0.2, -0.15) is 0 Å². The highest BCUT2D eigenvalue weighted by Gasteiger charge is 2.24. The fourth-order valence-electron chi connectivity index (χ4n) is 4.08. The molecule has 0 spiro atoms. The van der Waals surface area contributed by atoms with Crippen LogP contribution in [0.25, 0.3) is 6.08 Å². The largest absolute Gasteiger partial charge is 0.383 e. The first kappa shape index (κ1) is 24.3. The zero-order chi connectivity index (χ0) is 23.6. The molecule has 2 unspecified atom stereocenters. The number of rotatable bonds is 9. The average molecular weight is 468 g/mol. The Bertz CT molecular complexity index is 911. The highest BCUT2D eigenvalue weighted by atomic mass is 16.8. The van der Waals surface area contributed by atoms with Crippen molar-refractivity contribution in [3.05, 3.63) is 59.9 Å². The molecule has 3 heterocycles. The second kappa shape index (κ2) is 12.6. The Morgan fingerprint density at radius 1 is 1.18 bits per heavy atom. The van der Waals surface area contributed by atoms with Crippen LogP contribution in [-0.2, 0) is 14.3 Å². The van der Waals surface area contributed by atoms with Gasteiger partial charge in [-0.25, -0.2) is 20.3 Å². The van der Waals surface area contributed by atoms with Crippen LogP contribution in [0.3, 0.4) is 0 Å². The Hall–Kier alpha value is -2.85. The summed E-state index contributed by atoms with van der Waals surface area (Å²) in [6.45, 7) is 4.63. The van der Waals surface area contributed by atoms with Crippen LogP contribution in [0.1, 0.15) is 35.2 Å². The SMILES string of the molecule is COCC(C=Cc1ccccc1)N1CCN(c2ncc(C(=O)NOC3CCCCO3)cn2)CC1. The molecular formula is C25H33N5O4. The van der Waals surface area contributed by atoms with Gasteiger partial charge >= 0.3 is 0 Å². The van der Waals surface area contributed by atoms with Crippen molar-refractivity contribution in [2.24, 2.45) is 0 Å². The molecule has 1 N–H and O–H groups in total. The third-order valence-corrected chi connectivity index (χ3v) is 6.04. The van der Waals surface area contributed by atoms with E-state index in [4.69, 9.17) is 14.3 Å². The molecule has 0 saturated carbocycles. The number of amides is 1. The summed E-state index contributed by atoms with van der Waals surface area (Å²) >= 11 is 0. The third-order valence-electron chi connectivity index (χ3n) is 6.04. The number of nitrogens with zero attached hydrogens (tertiary/aromatic N) is 4. The van der Waals surface area contributed by atoms with E-state index in [-0.39, 0.29) is 11.9 Å². The van der Waals surface area contributed by atoms with Crippen LogP contribution in [0.15, 0.2) is 48.8 Å². The van der Waals surface area contributed by atoms with E-state index >= 15 is 0 Å². The summed E-state index contributed by atoms with van der Waals surface area (Å²) in [6, 6.07) is 10.5. The molecule has 182 valence electrons. The molecule has 0 bridgehead atoms. The molecule has 2 aliphatic rings. The second-order valence-corrected chi connectivity index (χ2v) is 8.43. The lowest BCUT2D eigenvalue weighted by molar-refractivity contribution is -0.186. The predicted octanol–water partition coefficient (Wildman–Crippen LogP) is 2.52. The molecule has 2 aromatic rings. The number of carbonyl (C=O) groups is 1. The highest BCUT2D eigenvalue weighted by molar-refractivity contribution is 5.92. The maximum atomic E-state index is 12.3. The van der Waals surface area contributed by atoms with Gasteiger partial charge in [0.25, 0.3) is 5.91 Å². The first-order valence-electron chi connectivity index (χ1n) is 11.8. The Labute approximate surface area is 200 Å². The number of methoxy groups -OCH3 is 1. The van der Waals surface area contributed by atoms with Gasteiger partial charge in [0.15, 0.2) is 6.29 Å². The minimum absolute atomic E-state index is 0.201. The maximum Gasteiger partial charge on any atom is 0.278 e. The summed E-state index contributed by atoms with van der Waals surface area (Å²) < 4.78 is 10.9. The van der Waals surface area contributed by atoms with Gasteiger partial charge in [0.2, 0.25) is 5.95 Å². The molecule has 2 aliphatic heterocycles. The zero-order valence-electron chi connectivity index (χ0n) is 19.6. The van der Waals surface area contributed by atoms with Crippen LogP contribution in [0, 0.1) is 0 Å². The van der Waals surface area contributed by atoms with E-state index in [1.165, 1.54) is 18.0 Å². The predicted molar refractivity (Wildman–Crippen MR) is 129 cm³/mol. The topological polar surface area (TPSA) is 89.1 Å². The van der Waals surface area contributed by atoms with E-state index < -0.39 is 6.29 Å². The number of anilines is 1. The fraction of sp³-hybridized carbons (Fsp3) is 0.480. The molecule has 0 aliphatic carbocycles. The average Bonchev–Trinajstić information content (AvgIpc) is 2.91. The molecule has 9 nitrogen and oxygen atoms in total. The van der Waals surface area contributed by atoms with Crippen molar-refractivity contribution >= 4 is 17.9 Å². The number of hydroxylamine groups is 1. The third kappa shape index (κ3) is 6.83. The van der Waals surface area contributed by atoms with Crippen molar-refractivity contribution in [3.8, 4) is 0 Å². The Kier molecular flexibility index (Phi) is 8.97. The minimum Gasteiger partial charge on any atom is -0.383 e. The molecule has 34 heavy (non-hydrogen) atoms. The van der Waals surface area contributed by atoms with Gasteiger partial charge in [0.05, 0.1) is 18.2 Å². The van der Waals surface area contributed by atoms with Gasteiger partial charge in [-0.05, 0) is 18.4 Å². The first-order chi connectivity index (χ1) is 16.7. The standard InChI is InChI=1S/C25H33N5O4/c1-32-19-22(11-10-20-7-3-2-4-8-20)29-12-14-30(15-13-29)25-26-17-21(18-27-25)24(31)28-34-23-9-5-6-16-33-23/h2-4,7-8,10-11,17-18,22-23H,5-6,9,12-16,19H2,1H3,(H,28,31). The number of aromatic nitrogens is 2. The molecule has 2 saturated heterocycles. The van der Waals surface area contributed by atoms with E-state index in [1.54, 1.807) is 7.11 Å². The molecule has 9 heteroatoms. The molecule has 1 aromatic heterocycles. The lowest BCUT2D eigenvalue weighted by atomic mass is 10.1. The molecule has 1 amide bonds. The number of benzene rings is 1. The number of piperazine rings is 1. The van der Waals surface area contributed by atoms with Crippen LogP contribution >= 0.6 is 0 Å². The van der Waals surface area contributed by atoms with Crippen molar-refractivity contribution in [2.75, 3.05) is 51.4 Å². The van der Waals surface area contributed by atoms with E-state index in [2.05, 4.69) is 49.5 Å². The van der Waals surface area contributed by atoms with Crippen molar-refractivity contribution in [2.45, 2.75) is 31.6 Å². The smallest absolute Gasteiger partial charge is 0.278 e. The number of hydrogen-bond acceptors (Lipinski definition) is 8. The quantitative estimate of drug-likeness (QED) is 0.563. The molecule has 2 atom stereocenters. The fourth-order valence-corrected chi connectivity index (χ4v) is 4.08. The first-order valence-corrected chi connectivity index (χ1v) is 11.8. The van der Waals surface area contributed by atoms with Crippen LogP contribution in [0.5, 0.6) is 0 Å². The van der Waals surface area contributed by atoms with Crippen LogP contribution in [-0.4, -0.2) is 79.6 Å². The van der Waals surface area contributed by atoms with Gasteiger partial charge in [0.1, 0.15) is 0 Å². The van der Waals surface area contributed by atoms with Gasteiger partial charge in [-0.3, -0.25) is 9.69 Å². The number of ether oxygens (including phenoxy) is 2. The lowest BCUT2D eigenvalue weighted by Gasteiger charge is -2.38. The summed E-state index contributed by atoms with van der Waals surface area (Å²) in [5, 5.41) is 0. The molecule has 4 rings (SSSR count). The summed E-state index contributed by atoms with van der Waals surface area (Å²) in [6.07, 6.45) is 9.85.